The van der Waals surface area contributed by atoms with Gasteiger partial charge in [0.2, 0.25) is 0 Å². The Balaban J connectivity index is 1.27. The van der Waals surface area contributed by atoms with Crippen LogP contribution in [0.4, 0.5) is 0 Å². The summed E-state index contributed by atoms with van der Waals surface area (Å²) < 4.78 is 0. The minimum absolute atomic E-state index is 0.968. The quantitative estimate of drug-likeness (QED) is 0.204. The van der Waals surface area contributed by atoms with Gasteiger partial charge < -0.3 is 0 Å². The third-order valence-electron chi connectivity index (χ3n) is 8.81. The number of allylic oxidation sites excluding steroid dienone is 4. The zero-order valence-corrected chi connectivity index (χ0v) is 24.1. The lowest BCUT2D eigenvalue weighted by Gasteiger charge is -2.21. The van der Waals surface area contributed by atoms with Crippen LogP contribution < -0.4 is 0 Å². The Morgan fingerprint density at radius 1 is 0.488 bits per heavy atom. The second kappa shape index (κ2) is 10.5. The Bertz CT molecular complexity index is 2180. The van der Waals surface area contributed by atoms with E-state index in [9.17, 15) is 0 Å². The Hall–Kier alpha value is -5.34. The third kappa shape index (κ3) is 4.52. The Morgan fingerprint density at radius 2 is 1.09 bits per heavy atom. The molecule has 43 heavy (non-hydrogen) atoms. The molecule has 5 aromatic carbocycles. The van der Waals surface area contributed by atoms with E-state index in [0.717, 1.165) is 35.2 Å². The monoisotopic (exact) mass is 550 g/mol. The van der Waals surface area contributed by atoms with Crippen LogP contribution in [0.15, 0.2) is 146 Å². The molecule has 2 heteroatoms. The molecule has 2 nitrogen and oxygen atoms in total. The van der Waals surface area contributed by atoms with E-state index in [0.29, 0.717) is 0 Å². The van der Waals surface area contributed by atoms with E-state index >= 15 is 0 Å². The van der Waals surface area contributed by atoms with Crippen LogP contribution in [0.25, 0.3) is 71.4 Å². The molecule has 1 aliphatic carbocycles. The lowest BCUT2D eigenvalue weighted by atomic mass is 9.83. The van der Waals surface area contributed by atoms with Crippen LogP contribution in [0.3, 0.4) is 0 Å². The number of fused-ring (bicyclic) bond motifs is 3. The van der Waals surface area contributed by atoms with Crippen LogP contribution in [0.5, 0.6) is 0 Å². The maximum atomic E-state index is 4.70. The fraction of sp³-hybridized carbons (Fsp3) is 0.0732. The number of pyridine rings is 2. The van der Waals surface area contributed by atoms with E-state index in [-0.39, 0.29) is 0 Å². The smallest absolute Gasteiger partial charge is 0.0708 e. The van der Waals surface area contributed by atoms with Gasteiger partial charge in [0.25, 0.3) is 0 Å². The summed E-state index contributed by atoms with van der Waals surface area (Å²) in [7, 11) is 0. The lowest BCUT2D eigenvalue weighted by molar-refractivity contribution is 0.979. The van der Waals surface area contributed by atoms with Crippen molar-refractivity contribution in [3.05, 3.63) is 151 Å². The van der Waals surface area contributed by atoms with E-state index in [1.807, 2.05) is 30.7 Å². The highest BCUT2D eigenvalue weighted by Gasteiger charge is 2.18. The first kappa shape index (κ1) is 25.4. The Labute approximate surface area is 251 Å². The number of aromatic nitrogens is 2. The van der Waals surface area contributed by atoms with Gasteiger partial charge in [0, 0.05) is 24.2 Å². The molecule has 1 aliphatic rings. The summed E-state index contributed by atoms with van der Waals surface area (Å²) in [6.07, 6.45) is 12.4. The van der Waals surface area contributed by atoms with Gasteiger partial charge in [0.05, 0.1) is 5.69 Å². The van der Waals surface area contributed by atoms with Gasteiger partial charge in [-0.2, -0.15) is 0 Å². The Kier molecular flexibility index (Phi) is 6.19. The topological polar surface area (TPSA) is 25.8 Å². The van der Waals surface area contributed by atoms with Crippen molar-refractivity contribution in [1.82, 2.24) is 9.97 Å². The minimum Gasteiger partial charge on any atom is -0.265 e. The maximum absolute atomic E-state index is 4.70. The molecule has 0 saturated carbocycles. The van der Waals surface area contributed by atoms with E-state index in [4.69, 9.17) is 4.98 Å². The predicted octanol–water partition coefficient (Wildman–Crippen LogP) is 11.1. The van der Waals surface area contributed by atoms with Crippen molar-refractivity contribution in [3.8, 4) is 33.5 Å². The number of nitrogens with zero attached hydrogens (tertiary/aromatic N) is 2. The van der Waals surface area contributed by atoms with Crippen LogP contribution in [0.2, 0.25) is 0 Å². The fourth-order valence-electron chi connectivity index (χ4n) is 6.61. The molecule has 7 aromatic rings. The summed E-state index contributed by atoms with van der Waals surface area (Å²) in [6, 6.07) is 39.7. The van der Waals surface area contributed by atoms with Crippen LogP contribution >= 0.6 is 0 Å². The summed E-state index contributed by atoms with van der Waals surface area (Å²) in [5.74, 6) is 0. The van der Waals surface area contributed by atoms with Gasteiger partial charge in [-0.15, -0.1) is 0 Å². The van der Waals surface area contributed by atoms with E-state index in [1.165, 1.54) is 60.2 Å². The van der Waals surface area contributed by atoms with Gasteiger partial charge in [-0.25, -0.2) is 0 Å². The summed E-state index contributed by atoms with van der Waals surface area (Å²) in [4.78, 5) is 8.86. The predicted molar refractivity (Wildman–Crippen MR) is 182 cm³/mol. The zero-order valence-electron chi connectivity index (χ0n) is 24.1. The van der Waals surface area contributed by atoms with Gasteiger partial charge in [-0.3, -0.25) is 9.97 Å². The van der Waals surface area contributed by atoms with E-state index < -0.39 is 0 Å². The number of rotatable bonds is 4. The lowest BCUT2D eigenvalue weighted by Crippen LogP contribution is -1.96. The number of hydrogen-bond acceptors (Lipinski definition) is 2. The summed E-state index contributed by atoms with van der Waals surface area (Å²) in [5.41, 5.74) is 11.2. The van der Waals surface area contributed by atoms with Crippen molar-refractivity contribution in [1.29, 1.82) is 0 Å². The van der Waals surface area contributed by atoms with Crippen molar-refractivity contribution >= 4 is 37.9 Å². The highest BCUT2D eigenvalue weighted by Crippen LogP contribution is 2.44. The van der Waals surface area contributed by atoms with E-state index in [1.54, 1.807) is 0 Å². The molecule has 0 spiro atoms. The molecule has 0 amide bonds. The molecule has 0 bridgehead atoms. The average molecular weight is 551 g/mol. The zero-order chi connectivity index (χ0) is 28.8. The standard InChI is InChI=1S/C41H30N2/c1-27-10-12-29(13-11-27)40-35-6-2-4-8-37(35)41(38-9-5-3-7-36(38)40)34-17-15-30-24-33(16-14-31(30)25-34)39-26-32(20-23-43-39)28-18-21-42-22-19-28/h2-10,12,14-26H,11,13H2,1H3. The van der Waals surface area contributed by atoms with Crippen molar-refractivity contribution in [2.24, 2.45) is 0 Å². The van der Waals surface area contributed by atoms with Crippen molar-refractivity contribution in [3.63, 3.8) is 0 Å². The third-order valence-corrected chi connectivity index (χ3v) is 8.81. The van der Waals surface area contributed by atoms with Gasteiger partial charge in [0.15, 0.2) is 0 Å². The largest absolute Gasteiger partial charge is 0.265 e. The van der Waals surface area contributed by atoms with Crippen LogP contribution in [0, 0.1) is 0 Å². The molecule has 0 atom stereocenters. The normalized spacial score (nSPS) is 13.3. The van der Waals surface area contributed by atoms with Crippen LogP contribution in [0.1, 0.15) is 25.3 Å². The molecule has 0 N–H and O–H groups in total. The first-order chi connectivity index (χ1) is 21.2. The summed E-state index contributed by atoms with van der Waals surface area (Å²) >= 11 is 0. The molecular formula is C41H30N2. The van der Waals surface area contributed by atoms with Gasteiger partial charge in [-0.05, 0) is 122 Å². The molecule has 0 radical (unpaired) electrons. The minimum atomic E-state index is 0.968. The van der Waals surface area contributed by atoms with E-state index in [2.05, 4.69) is 121 Å². The molecule has 204 valence electrons. The molecule has 0 aliphatic heterocycles. The summed E-state index contributed by atoms with van der Waals surface area (Å²) in [5, 5.41) is 7.68. The van der Waals surface area contributed by atoms with Crippen LogP contribution in [-0.2, 0) is 0 Å². The van der Waals surface area contributed by atoms with Gasteiger partial charge >= 0.3 is 0 Å². The van der Waals surface area contributed by atoms with Crippen molar-refractivity contribution in [2.75, 3.05) is 0 Å². The Morgan fingerprint density at radius 3 is 1.74 bits per heavy atom. The molecule has 8 rings (SSSR count). The molecule has 2 aromatic heterocycles. The molecule has 2 heterocycles. The highest BCUT2D eigenvalue weighted by molar-refractivity contribution is 6.19. The van der Waals surface area contributed by atoms with Gasteiger partial charge in [-0.1, -0.05) is 90.5 Å². The first-order valence-electron chi connectivity index (χ1n) is 14.9. The molecule has 0 fully saturated rings. The molecule has 0 unspecified atom stereocenters. The number of hydrogen-bond donors (Lipinski definition) is 0. The average Bonchev–Trinajstić information content (AvgIpc) is 3.07. The molecular weight excluding hydrogens is 520 g/mol. The SMILES string of the molecule is CC1=CC=C(c2c3ccccc3c(-c3ccc4cc(-c5cc(-c6ccncc6)ccn5)ccc4c3)c3ccccc23)CC1. The second-order valence-electron chi connectivity index (χ2n) is 11.5. The fourth-order valence-corrected chi connectivity index (χ4v) is 6.61. The van der Waals surface area contributed by atoms with Gasteiger partial charge in [0.1, 0.15) is 0 Å². The van der Waals surface area contributed by atoms with Crippen LogP contribution in [-0.4, -0.2) is 9.97 Å². The first-order valence-corrected chi connectivity index (χ1v) is 14.9. The van der Waals surface area contributed by atoms with Crippen molar-refractivity contribution in [2.45, 2.75) is 19.8 Å². The number of benzene rings is 5. The second-order valence-corrected chi connectivity index (χ2v) is 11.5. The molecule has 0 saturated heterocycles. The highest BCUT2D eigenvalue weighted by atomic mass is 14.7. The maximum Gasteiger partial charge on any atom is 0.0708 e. The summed E-state index contributed by atoms with van der Waals surface area (Å²) in [6.45, 7) is 2.23. The van der Waals surface area contributed by atoms with Crippen molar-refractivity contribution < 1.29 is 0 Å².